The summed E-state index contributed by atoms with van der Waals surface area (Å²) in [5, 5.41) is 17.6. The van der Waals surface area contributed by atoms with Gasteiger partial charge in [-0.05, 0) is 88.6 Å². The number of fused-ring (bicyclic) bond motifs is 1. The van der Waals surface area contributed by atoms with Crippen molar-refractivity contribution < 1.29 is 71.1 Å². The number of carbonyl (C=O) groups excluding carboxylic acids is 6. The van der Waals surface area contributed by atoms with Gasteiger partial charge in [-0.2, -0.15) is 11.8 Å². The Bertz CT molecular complexity index is 2110. The second-order valence-electron chi connectivity index (χ2n) is 18.4. The van der Waals surface area contributed by atoms with Crippen LogP contribution in [-0.2, 0) is 59.3 Å². The van der Waals surface area contributed by atoms with E-state index in [1.54, 1.807) is 32.4 Å². The Labute approximate surface area is 437 Å². The van der Waals surface area contributed by atoms with Gasteiger partial charge in [0.25, 0.3) is 17.6 Å². The summed E-state index contributed by atoms with van der Waals surface area (Å²) in [5.74, 6) is -1.64. The van der Waals surface area contributed by atoms with Crippen LogP contribution in [0.25, 0.3) is 0 Å². The average molecular weight is 1060 g/mol. The molecular weight excluding hydrogens is 986 g/mol. The van der Waals surface area contributed by atoms with E-state index < -0.39 is 17.6 Å². The minimum Gasteiger partial charge on any atom is -0.377 e. The standard InChI is InChI=1S/C51H78FN7O14S/c1-34-31-38(11-14-40(34)52)56-49(63)45-35(2)47(59(4)36(45)3)48(62)50(64)55-37-9-12-39(13-10-37)73-32-44(61)54-16-18-67-20-22-69-24-26-71-28-30-72-29-27-70-25-23-68-21-19-66-17-15-53-43(60)8-6-5-7-42-46-41(33-74-42)57-51(65)58-46/h11,14,31,37,39,41-42,46H,5-10,12-13,15-30,32-33H2,1-4H3,(H,53,60)(H,54,61)(H,55,64)(H,56,63)(H2,57,58,65). The van der Waals surface area contributed by atoms with Gasteiger partial charge in [-0.3, -0.25) is 24.0 Å². The Morgan fingerprint density at radius 3 is 1.85 bits per heavy atom. The number of anilines is 1. The molecular formula is C51H78FN7O14S. The fourth-order valence-corrected chi connectivity index (χ4v) is 10.4. The highest BCUT2D eigenvalue weighted by Crippen LogP contribution is 2.33. The Morgan fingerprint density at radius 1 is 0.730 bits per heavy atom. The lowest BCUT2D eigenvalue weighted by Crippen LogP contribution is -2.43. The molecule has 3 atom stereocenters. The summed E-state index contributed by atoms with van der Waals surface area (Å²) in [4.78, 5) is 75.6. The molecule has 2 aromatic rings. The number of hydrogen-bond acceptors (Lipinski definition) is 15. The van der Waals surface area contributed by atoms with Gasteiger partial charge >= 0.3 is 6.03 Å². The molecule has 1 saturated carbocycles. The summed E-state index contributed by atoms with van der Waals surface area (Å²) in [6.45, 7) is 11.5. The van der Waals surface area contributed by atoms with Crippen molar-refractivity contribution in [2.24, 2.45) is 7.05 Å². The maximum absolute atomic E-state index is 13.7. The molecule has 3 heterocycles. The van der Waals surface area contributed by atoms with Crippen LogP contribution in [0, 0.1) is 26.6 Å². The molecule has 23 heteroatoms. The molecule has 1 aromatic carbocycles. The normalized spacial score (nSPS) is 19.1. The first-order valence-corrected chi connectivity index (χ1v) is 26.8. The van der Waals surface area contributed by atoms with Gasteiger partial charge in [-0.15, -0.1) is 0 Å². The molecule has 2 aliphatic heterocycles. The first-order chi connectivity index (χ1) is 35.8. The minimum atomic E-state index is -0.758. The first kappa shape index (κ1) is 60.1. The van der Waals surface area contributed by atoms with Gasteiger partial charge in [-0.25, -0.2) is 9.18 Å². The van der Waals surface area contributed by atoms with Gasteiger partial charge in [0.2, 0.25) is 11.8 Å². The number of unbranched alkanes of at least 4 members (excludes halogenated alkanes) is 1. The van der Waals surface area contributed by atoms with Crippen molar-refractivity contribution in [2.45, 2.75) is 102 Å². The fourth-order valence-electron chi connectivity index (χ4n) is 8.84. The molecule has 1 aliphatic carbocycles. The lowest BCUT2D eigenvalue weighted by molar-refractivity contribution is -0.128. The SMILES string of the molecule is Cc1cc(NC(=O)c2c(C)c(C(=O)C(=O)NC3CCC(OCC(=O)NCCOCCOCCOCCOCCOCCOCCOCCNC(=O)CCCCC4SCC5NC(=O)NC54)CC3)n(C)c2C)ccc1F. The molecule has 6 amide bonds. The van der Waals surface area contributed by atoms with Crippen LogP contribution in [0.5, 0.6) is 0 Å². The van der Waals surface area contributed by atoms with Gasteiger partial charge < -0.3 is 74.4 Å². The van der Waals surface area contributed by atoms with Crippen molar-refractivity contribution in [3.8, 4) is 0 Å². The number of nitrogens with zero attached hydrogens (tertiary/aromatic N) is 1. The number of ether oxygens (including phenoxy) is 8. The zero-order chi connectivity index (χ0) is 53.1. The van der Waals surface area contributed by atoms with Crippen molar-refractivity contribution >= 4 is 52.9 Å². The second-order valence-corrected chi connectivity index (χ2v) is 19.6. The summed E-state index contributed by atoms with van der Waals surface area (Å²) in [7, 11) is 1.63. The summed E-state index contributed by atoms with van der Waals surface area (Å²) >= 11 is 1.89. The molecule has 1 aromatic heterocycles. The molecule has 414 valence electrons. The molecule has 5 rings (SSSR count). The number of halogens is 1. The Morgan fingerprint density at radius 2 is 1.28 bits per heavy atom. The van der Waals surface area contributed by atoms with E-state index in [0.29, 0.717) is 165 Å². The molecule has 0 spiro atoms. The van der Waals surface area contributed by atoms with Crippen LogP contribution in [0.2, 0.25) is 0 Å². The first-order valence-electron chi connectivity index (χ1n) is 25.8. The monoisotopic (exact) mass is 1060 g/mol. The molecule has 0 bridgehead atoms. The van der Waals surface area contributed by atoms with Crippen molar-refractivity contribution in [2.75, 3.05) is 123 Å². The number of urea groups is 1. The fraction of sp³-hybridized carbons (Fsp3) is 0.686. The Hall–Kier alpha value is -4.72. The Balaban J connectivity index is 0.732. The van der Waals surface area contributed by atoms with E-state index in [9.17, 15) is 33.2 Å². The molecule has 3 unspecified atom stereocenters. The largest absolute Gasteiger partial charge is 0.377 e. The van der Waals surface area contributed by atoms with Crippen molar-refractivity contribution in [3.63, 3.8) is 0 Å². The van der Waals surface area contributed by atoms with E-state index in [4.69, 9.17) is 37.9 Å². The highest BCUT2D eigenvalue weighted by Gasteiger charge is 2.42. The molecule has 21 nitrogen and oxygen atoms in total. The Kier molecular flexibility index (Phi) is 27.1. The number of carbonyl (C=O) groups is 6. The predicted molar refractivity (Wildman–Crippen MR) is 274 cm³/mol. The van der Waals surface area contributed by atoms with Gasteiger partial charge in [0.1, 0.15) is 12.4 Å². The zero-order valence-corrected chi connectivity index (χ0v) is 44.3. The highest BCUT2D eigenvalue weighted by atomic mass is 32.2. The number of nitrogens with one attached hydrogen (secondary N) is 6. The van der Waals surface area contributed by atoms with Crippen LogP contribution < -0.4 is 31.9 Å². The smallest absolute Gasteiger partial charge is 0.315 e. The number of ketones is 1. The van der Waals surface area contributed by atoms with Crippen molar-refractivity contribution in [3.05, 3.63) is 52.1 Å². The number of aryl methyl sites for hydroxylation is 1. The summed E-state index contributed by atoms with van der Waals surface area (Å²) in [6, 6.07) is 4.37. The van der Waals surface area contributed by atoms with E-state index in [2.05, 4.69) is 31.9 Å². The highest BCUT2D eigenvalue weighted by molar-refractivity contribution is 8.00. The number of aromatic nitrogens is 1. The van der Waals surface area contributed by atoms with E-state index in [-0.39, 0.29) is 65.8 Å². The van der Waals surface area contributed by atoms with Crippen LogP contribution >= 0.6 is 11.8 Å². The number of hydrogen-bond donors (Lipinski definition) is 6. The van der Waals surface area contributed by atoms with E-state index in [1.807, 2.05) is 11.8 Å². The van der Waals surface area contributed by atoms with Crippen LogP contribution in [0.15, 0.2) is 18.2 Å². The lowest BCUT2D eigenvalue weighted by Gasteiger charge is -2.28. The molecule has 3 aliphatic rings. The number of benzene rings is 1. The molecule has 2 saturated heterocycles. The zero-order valence-electron chi connectivity index (χ0n) is 43.5. The van der Waals surface area contributed by atoms with Crippen molar-refractivity contribution in [1.29, 1.82) is 0 Å². The maximum Gasteiger partial charge on any atom is 0.315 e. The topological polar surface area (TPSA) is 253 Å². The van der Waals surface area contributed by atoms with Gasteiger partial charge in [-0.1, -0.05) is 6.42 Å². The number of Topliss-reactive ketones (excluding diaryl/α,β-unsaturated/α-hetero) is 1. The summed E-state index contributed by atoms with van der Waals surface area (Å²) in [6.07, 6.45) is 5.47. The third-order valence-corrected chi connectivity index (χ3v) is 14.4. The van der Waals surface area contributed by atoms with Crippen LogP contribution in [-0.4, -0.2) is 187 Å². The molecule has 0 radical (unpaired) electrons. The van der Waals surface area contributed by atoms with Gasteiger partial charge in [0, 0.05) is 55.0 Å². The minimum absolute atomic E-state index is 0.0261. The summed E-state index contributed by atoms with van der Waals surface area (Å²) in [5.41, 5.74) is 2.08. The molecule has 74 heavy (non-hydrogen) atoms. The second kappa shape index (κ2) is 33.3. The van der Waals surface area contributed by atoms with Crippen LogP contribution in [0.1, 0.15) is 89.0 Å². The van der Waals surface area contributed by atoms with E-state index in [1.165, 1.54) is 18.2 Å². The van der Waals surface area contributed by atoms with E-state index in [0.717, 1.165) is 25.0 Å². The van der Waals surface area contributed by atoms with E-state index >= 15 is 0 Å². The third kappa shape index (κ3) is 20.8. The van der Waals surface area contributed by atoms with Gasteiger partial charge in [0.15, 0.2) is 0 Å². The van der Waals surface area contributed by atoms with Crippen LogP contribution in [0.4, 0.5) is 14.9 Å². The quantitative estimate of drug-likeness (QED) is 0.0246. The van der Waals surface area contributed by atoms with Gasteiger partial charge in [0.05, 0.1) is 122 Å². The number of thioether (sulfide) groups is 1. The molecule has 6 N–H and O–H groups in total. The summed E-state index contributed by atoms with van der Waals surface area (Å²) < 4.78 is 59.7. The van der Waals surface area contributed by atoms with Crippen molar-refractivity contribution in [1.82, 2.24) is 31.2 Å². The number of amides is 6. The number of rotatable bonds is 37. The third-order valence-electron chi connectivity index (χ3n) is 12.9. The lowest BCUT2D eigenvalue weighted by atomic mass is 9.92. The predicted octanol–water partition coefficient (Wildman–Crippen LogP) is 3.04. The molecule has 3 fully saturated rings. The average Bonchev–Trinajstić information content (AvgIpc) is 4.01. The maximum atomic E-state index is 13.7. The van der Waals surface area contributed by atoms with Crippen LogP contribution in [0.3, 0.4) is 0 Å².